The smallest absolute Gasteiger partial charge is 0.129 e. The number of rotatable bonds is 8. The first-order chi connectivity index (χ1) is 11.0. The molecule has 0 saturated carbocycles. The van der Waals surface area contributed by atoms with Crippen molar-refractivity contribution in [3.8, 4) is 0 Å². The van der Waals surface area contributed by atoms with Gasteiger partial charge in [0.25, 0.3) is 0 Å². The highest BCUT2D eigenvalue weighted by molar-refractivity contribution is 6.87. The number of hydrogen-bond acceptors (Lipinski definition) is 2. The lowest BCUT2D eigenvalue weighted by molar-refractivity contribution is 0.110. The van der Waals surface area contributed by atoms with E-state index in [0.717, 1.165) is 0 Å². The average Bonchev–Trinajstić information content (AvgIpc) is 2.56. The van der Waals surface area contributed by atoms with E-state index < -0.39 is 8.80 Å². The largest absolute Gasteiger partial charge is 0.379 e. The summed E-state index contributed by atoms with van der Waals surface area (Å²) in [5, 5.41) is 2.87. The number of nitrogens with two attached hydrogens (primary N) is 1. The van der Waals surface area contributed by atoms with Gasteiger partial charge < -0.3 is 10.5 Å². The molecule has 0 unspecified atom stereocenters. The van der Waals surface area contributed by atoms with E-state index in [1.165, 1.54) is 10.4 Å². The van der Waals surface area contributed by atoms with Crippen molar-refractivity contribution in [3.63, 3.8) is 0 Å². The number of hydrogen-bond donors (Lipinski definition) is 1. The molecule has 0 aliphatic carbocycles. The fourth-order valence-corrected chi connectivity index (χ4v) is 5.94. The normalized spacial score (nSPS) is 13.0. The Labute approximate surface area is 141 Å². The molecule has 2 nitrogen and oxygen atoms in total. The third kappa shape index (κ3) is 4.89. The van der Waals surface area contributed by atoms with Gasteiger partial charge in [0.05, 0.1) is 6.61 Å². The van der Waals surface area contributed by atoms with Gasteiger partial charge in [-0.1, -0.05) is 91.0 Å². The maximum atomic E-state index is 5.90. The topological polar surface area (TPSA) is 35.2 Å². The van der Waals surface area contributed by atoms with Gasteiger partial charge in [0.15, 0.2) is 0 Å². The minimum absolute atomic E-state index is 0.0499. The second-order valence-corrected chi connectivity index (χ2v) is 9.66. The summed E-state index contributed by atoms with van der Waals surface area (Å²) in [5.41, 5.74) is 5.87. The maximum Gasteiger partial charge on any atom is 0.129 e. The lowest BCUT2D eigenvalue weighted by Crippen LogP contribution is -2.51. The molecule has 0 saturated heterocycles. The fraction of sp³-hybridized carbons (Fsp3) is 0.300. The van der Waals surface area contributed by atoms with Crippen molar-refractivity contribution in [3.05, 3.63) is 73.3 Å². The van der Waals surface area contributed by atoms with Crippen LogP contribution in [0.5, 0.6) is 0 Å². The molecule has 0 heterocycles. The maximum absolute atomic E-state index is 5.90. The van der Waals surface area contributed by atoms with Crippen LogP contribution in [0.1, 0.15) is 13.8 Å². The zero-order chi connectivity index (χ0) is 16.7. The van der Waals surface area contributed by atoms with E-state index in [1.54, 1.807) is 6.08 Å². The van der Waals surface area contributed by atoms with Crippen molar-refractivity contribution in [2.75, 3.05) is 13.2 Å². The summed E-state index contributed by atoms with van der Waals surface area (Å²) in [7, 11) is -0.972. The van der Waals surface area contributed by atoms with Gasteiger partial charge in [0.2, 0.25) is 0 Å². The van der Waals surface area contributed by atoms with E-state index in [-0.39, 0.29) is 11.1 Å². The Hall–Kier alpha value is -1.68. The van der Waals surface area contributed by atoms with Gasteiger partial charge in [0.1, 0.15) is 8.80 Å². The van der Waals surface area contributed by atoms with Crippen molar-refractivity contribution in [2.45, 2.75) is 24.9 Å². The summed E-state index contributed by atoms with van der Waals surface area (Å²) in [4.78, 5) is 0. The Bertz CT molecular complexity index is 558. The molecule has 2 N–H and O–H groups in total. The van der Waals surface area contributed by atoms with Crippen molar-refractivity contribution < 1.29 is 4.74 Å². The lowest BCUT2D eigenvalue weighted by Gasteiger charge is -2.33. The molecule has 0 aromatic heterocycles. The third-order valence-corrected chi connectivity index (χ3v) is 7.20. The standard InChI is InChI=1S/C20H26NOSi/c1-4-17(21)15-22-16-20(2,3)23(18-11-7-5-8-12-18)19-13-9-6-10-14-19/h4-14,17H,1,15-16,21H2,2-3H3/t17-/m0/s1. The molecule has 1 atom stereocenters. The summed E-state index contributed by atoms with van der Waals surface area (Å²) < 4.78 is 5.90. The fourth-order valence-electron chi connectivity index (χ4n) is 2.75. The predicted octanol–water partition coefficient (Wildman–Crippen LogP) is 2.61. The molecule has 0 spiro atoms. The average molecular weight is 325 g/mol. The minimum atomic E-state index is -0.972. The Morgan fingerprint density at radius 2 is 1.52 bits per heavy atom. The molecule has 2 aromatic rings. The van der Waals surface area contributed by atoms with Crippen LogP contribution in [0.25, 0.3) is 0 Å². The number of ether oxygens (including phenoxy) is 1. The zero-order valence-electron chi connectivity index (χ0n) is 14.0. The van der Waals surface area contributed by atoms with Crippen molar-refractivity contribution in [1.82, 2.24) is 0 Å². The van der Waals surface area contributed by atoms with Crippen LogP contribution in [-0.2, 0) is 4.74 Å². The SMILES string of the molecule is C=C[C@H](N)COCC(C)(C)[Si](c1ccccc1)c1ccccc1. The van der Waals surface area contributed by atoms with Gasteiger partial charge in [0, 0.05) is 12.6 Å². The molecular formula is C20H26NOSi. The van der Waals surface area contributed by atoms with Crippen LogP contribution >= 0.6 is 0 Å². The van der Waals surface area contributed by atoms with E-state index >= 15 is 0 Å². The Balaban J connectivity index is 2.24. The van der Waals surface area contributed by atoms with E-state index in [2.05, 4.69) is 81.1 Å². The van der Waals surface area contributed by atoms with Gasteiger partial charge in [-0.3, -0.25) is 0 Å². The number of benzene rings is 2. The predicted molar refractivity (Wildman–Crippen MR) is 101 cm³/mol. The Kier molecular flexibility index (Phi) is 6.34. The monoisotopic (exact) mass is 324 g/mol. The second-order valence-electron chi connectivity index (χ2n) is 6.41. The van der Waals surface area contributed by atoms with Crippen LogP contribution in [-0.4, -0.2) is 28.1 Å². The summed E-state index contributed by atoms with van der Waals surface area (Å²) >= 11 is 0. The highest BCUT2D eigenvalue weighted by Gasteiger charge is 2.34. The molecule has 2 aromatic carbocycles. The van der Waals surface area contributed by atoms with Gasteiger partial charge in [-0.25, -0.2) is 0 Å². The summed E-state index contributed by atoms with van der Waals surface area (Å²) in [6, 6.07) is 21.5. The molecule has 2 rings (SSSR count). The summed E-state index contributed by atoms with van der Waals surface area (Å²) in [6.45, 7) is 9.50. The van der Waals surface area contributed by atoms with Gasteiger partial charge in [-0.05, 0) is 5.04 Å². The van der Waals surface area contributed by atoms with Crippen LogP contribution in [0, 0.1) is 0 Å². The zero-order valence-corrected chi connectivity index (χ0v) is 15.0. The second kappa shape index (κ2) is 8.25. The highest BCUT2D eigenvalue weighted by atomic mass is 28.3. The highest BCUT2D eigenvalue weighted by Crippen LogP contribution is 2.28. The van der Waals surface area contributed by atoms with Crippen LogP contribution in [0.4, 0.5) is 0 Å². The first kappa shape index (κ1) is 17.7. The molecule has 23 heavy (non-hydrogen) atoms. The minimum Gasteiger partial charge on any atom is -0.379 e. The lowest BCUT2D eigenvalue weighted by atomic mass is 10.2. The van der Waals surface area contributed by atoms with Crippen LogP contribution in [0.15, 0.2) is 73.3 Å². The van der Waals surface area contributed by atoms with Gasteiger partial charge >= 0.3 is 0 Å². The van der Waals surface area contributed by atoms with Crippen molar-refractivity contribution in [2.24, 2.45) is 5.73 Å². The molecule has 0 aliphatic heterocycles. The van der Waals surface area contributed by atoms with Crippen LogP contribution in [0.3, 0.4) is 0 Å². The molecule has 0 amide bonds. The molecular weight excluding hydrogens is 298 g/mol. The molecule has 0 aliphatic rings. The first-order valence-corrected chi connectivity index (χ1v) is 9.49. The quantitative estimate of drug-likeness (QED) is 0.598. The molecule has 0 bridgehead atoms. The van der Waals surface area contributed by atoms with Gasteiger partial charge in [-0.2, -0.15) is 0 Å². The Morgan fingerprint density at radius 1 is 1.04 bits per heavy atom. The molecule has 0 fully saturated rings. The van der Waals surface area contributed by atoms with Crippen molar-refractivity contribution in [1.29, 1.82) is 0 Å². The van der Waals surface area contributed by atoms with E-state index in [0.29, 0.717) is 13.2 Å². The first-order valence-electron chi connectivity index (χ1n) is 7.99. The summed E-state index contributed by atoms with van der Waals surface area (Å²) in [5.74, 6) is 0. The van der Waals surface area contributed by atoms with Crippen LogP contribution < -0.4 is 16.1 Å². The van der Waals surface area contributed by atoms with E-state index in [9.17, 15) is 0 Å². The third-order valence-electron chi connectivity index (χ3n) is 3.88. The van der Waals surface area contributed by atoms with Crippen LogP contribution in [0.2, 0.25) is 5.04 Å². The molecule has 1 radical (unpaired) electrons. The van der Waals surface area contributed by atoms with Crippen molar-refractivity contribution >= 4 is 19.2 Å². The molecule has 3 heteroatoms. The summed E-state index contributed by atoms with van der Waals surface area (Å²) in [6.07, 6.45) is 1.73. The molecule has 121 valence electrons. The van der Waals surface area contributed by atoms with Gasteiger partial charge in [-0.15, -0.1) is 6.58 Å². The Morgan fingerprint density at radius 3 is 1.96 bits per heavy atom. The van der Waals surface area contributed by atoms with E-state index in [4.69, 9.17) is 10.5 Å². The van der Waals surface area contributed by atoms with E-state index in [1.807, 2.05) is 0 Å².